The Morgan fingerprint density at radius 1 is 1.18 bits per heavy atom. The third kappa shape index (κ3) is 4.38. The van der Waals surface area contributed by atoms with E-state index >= 15 is 0 Å². The van der Waals surface area contributed by atoms with E-state index in [0.717, 1.165) is 22.4 Å². The van der Waals surface area contributed by atoms with Crippen LogP contribution in [0.2, 0.25) is 0 Å². The second-order valence-electron chi connectivity index (χ2n) is 7.85. The Labute approximate surface area is 168 Å². The minimum atomic E-state index is -0.297. The molecular formula is C20H25N5O2S. The lowest BCUT2D eigenvalue weighted by Gasteiger charge is -2.20. The van der Waals surface area contributed by atoms with Gasteiger partial charge in [0.2, 0.25) is 5.91 Å². The summed E-state index contributed by atoms with van der Waals surface area (Å²) < 4.78 is 1.87. The second-order valence-corrected chi connectivity index (χ2v) is 8.79. The molecule has 8 heteroatoms. The summed E-state index contributed by atoms with van der Waals surface area (Å²) in [7, 11) is 1.90. The van der Waals surface area contributed by atoms with E-state index < -0.39 is 0 Å². The highest BCUT2D eigenvalue weighted by Gasteiger charge is 2.40. The van der Waals surface area contributed by atoms with Crippen LogP contribution in [0.5, 0.6) is 0 Å². The standard InChI is InChI=1S/C20H25N5O2S/c1-25-12-21-24-20(25)28-11-13-2-5-15(6-3-13)19(27)23-22-18(26)10-17-9-14-4-7-16(17)8-14/h2-3,5-6,12,14,16-17H,4,7-11H2,1H3,(H,22,26)(H,23,27)/t14-,16-,17+/m0/s1. The number of hydrazine groups is 1. The summed E-state index contributed by atoms with van der Waals surface area (Å²) in [5.74, 6) is 2.37. The van der Waals surface area contributed by atoms with Crippen molar-refractivity contribution in [2.75, 3.05) is 0 Å². The molecule has 1 heterocycles. The number of nitrogens with zero attached hydrogens (tertiary/aromatic N) is 3. The first-order valence-corrected chi connectivity index (χ1v) is 10.7. The predicted molar refractivity (Wildman–Crippen MR) is 106 cm³/mol. The van der Waals surface area contributed by atoms with Gasteiger partial charge in [-0.15, -0.1) is 10.2 Å². The molecule has 0 spiro atoms. The summed E-state index contributed by atoms with van der Waals surface area (Å²) in [5, 5.41) is 8.74. The number of carbonyl (C=O) groups is 2. The quantitative estimate of drug-likeness (QED) is 0.576. The number of amides is 2. The lowest BCUT2D eigenvalue weighted by atomic mass is 9.86. The van der Waals surface area contributed by atoms with E-state index in [1.807, 2.05) is 23.7 Å². The minimum absolute atomic E-state index is 0.0948. The monoisotopic (exact) mass is 399 g/mol. The Bertz CT molecular complexity index is 851. The zero-order chi connectivity index (χ0) is 19.5. The number of benzene rings is 1. The van der Waals surface area contributed by atoms with Crippen LogP contribution < -0.4 is 10.9 Å². The number of aryl methyl sites for hydroxylation is 1. The smallest absolute Gasteiger partial charge is 0.269 e. The van der Waals surface area contributed by atoms with Crippen molar-refractivity contribution in [2.24, 2.45) is 24.8 Å². The highest BCUT2D eigenvalue weighted by Crippen LogP contribution is 2.49. The number of fused-ring (bicyclic) bond motifs is 2. The Kier molecular flexibility index (Phi) is 5.66. The summed E-state index contributed by atoms with van der Waals surface area (Å²) in [6, 6.07) is 7.36. The number of nitrogens with one attached hydrogen (secondary N) is 2. The molecule has 0 unspecified atom stereocenters. The fraction of sp³-hybridized carbons (Fsp3) is 0.500. The van der Waals surface area contributed by atoms with Gasteiger partial charge in [0.25, 0.3) is 5.91 Å². The molecule has 2 saturated carbocycles. The number of hydrogen-bond donors (Lipinski definition) is 2. The molecule has 148 valence electrons. The van der Waals surface area contributed by atoms with Gasteiger partial charge in [-0.3, -0.25) is 20.4 Å². The molecule has 1 aromatic carbocycles. The van der Waals surface area contributed by atoms with Gasteiger partial charge < -0.3 is 4.57 Å². The number of hydrogen-bond acceptors (Lipinski definition) is 5. The fourth-order valence-corrected chi connectivity index (χ4v) is 5.26. The Hall–Kier alpha value is -2.35. The van der Waals surface area contributed by atoms with Gasteiger partial charge in [-0.2, -0.15) is 0 Å². The van der Waals surface area contributed by atoms with Crippen LogP contribution >= 0.6 is 11.8 Å². The van der Waals surface area contributed by atoms with Crippen molar-refractivity contribution < 1.29 is 9.59 Å². The predicted octanol–water partition coefficient (Wildman–Crippen LogP) is 2.69. The van der Waals surface area contributed by atoms with Crippen LogP contribution in [-0.2, 0) is 17.6 Å². The molecule has 0 radical (unpaired) electrons. The first kappa shape index (κ1) is 19.0. The largest absolute Gasteiger partial charge is 0.312 e. The molecule has 0 saturated heterocycles. The summed E-state index contributed by atoms with van der Waals surface area (Å²) >= 11 is 1.59. The maximum absolute atomic E-state index is 12.3. The molecule has 2 aliphatic rings. The van der Waals surface area contributed by atoms with Gasteiger partial charge in [0, 0.05) is 24.8 Å². The first-order chi connectivity index (χ1) is 13.6. The van der Waals surface area contributed by atoms with Crippen molar-refractivity contribution in [3.05, 3.63) is 41.7 Å². The molecule has 1 aromatic heterocycles. The second kappa shape index (κ2) is 8.34. The average Bonchev–Trinajstić information content (AvgIpc) is 3.42. The number of rotatable bonds is 6. The van der Waals surface area contributed by atoms with Crippen molar-refractivity contribution in [2.45, 2.75) is 43.0 Å². The lowest BCUT2D eigenvalue weighted by molar-refractivity contribution is -0.123. The molecule has 2 bridgehead atoms. The summed E-state index contributed by atoms with van der Waals surface area (Å²) in [5.41, 5.74) is 6.71. The van der Waals surface area contributed by atoms with Crippen LogP contribution in [0.25, 0.3) is 0 Å². The van der Waals surface area contributed by atoms with E-state index in [9.17, 15) is 9.59 Å². The minimum Gasteiger partial charge on any atom is -0.312 e. The van der Waals surface area contributed by atoms with Gasteiger partial charge in [-0.05, 0) is 54.7 Å². The van der Waals surface area contributed by atoms with Crippen molar-refractivity contribution in [3.63, 3.8) is 0 Å². The first-order valence-electron chi connectivity index (χ1n) is 9.73. The molecule has 4 rings (SSSR count). The molecule has 7 nitrogen and oxygen atoms in total. The highest BCUT2D eigenvalue weighted by atomic mass is 32.2. The van der Waals surface area contributed by atoms with Crippen molar-refractivity contribution >= 4 is 23.6 Å². The highest BCUT2D eigenvalue weighted by molar-refractivity contribution is 7.98. The van der Waals surface area contributed by atoms with Crippen LogP contribution in [0.3, 0.4) is 0 Å². The van der Waals surface area contributed by atoms with Gasteiger partial charge in [0.05, 0.1) is 0 Å². The van der Waals surface area contributed by atoms with E-state index in [1.54, 1.807) is 30.2 Å². The van der Waals surface area contributed by atoms with Crippen molar-refractivity contribution in [1.29, 1.82) is 0 Å². The van der Waals surface area contributed by atoms with Gasteiger partial charge in [0.1, 0.15) is 6.33 Å². The third-order valence-corrected chi connectivity index (χ3v) is 7.01. The zero-order valence-corrected chi connectivity index (χ0v) is 16.7. The fourth-order valence-electron chi connectivity index (χ4n) is 4.42. The van der Waals surface area contributed by atoms with E-state index in [1.165, 1.54) is 25.7 Å². The van der Waals surface area contributed by atoms with E-state index in [4.69, 9.17) is 0 Å². The van der Waals surface area contributed by atoms with Crippen LogP contribution in [0.4, 0.5) is 0 Å². The third-order valence-electron chi connectivity index (χ3n) is 5.90. The van der Waals surface area contributed by atoms with Gasteiger partial charge in [-0.25, -0.2) is 0 Å². The Morgan fingerprint density at radius 2 is 2.00 bits per heavy atom. The van der Waals surface area contributed by atoms with Gasteiger partial charge >= 0.3 is 0 Å². The van der Waals surface area contributed by atoms with E-state index in [2.05, 4.69) is 21.0 Å². The molecule has 28 heavy (non-hydrogen) atoms. The molecular weight excluding hydrogens is 374 g/mol. The molecule has 2 fully saturated rings. The number of carbonyl (C=O) groups excluding carboxylic acids is 2. The molecule has 2 aliphatic carbocycles. The van der Waals surface area contributed by atoms with E-state index in [0.29, 0.717) is 23.8 Å². The van der Waals surface area contributed by atoms with Crippen LogP contribution in [-0.4, -0.2) is 26.6 Å². The maximum Gasteiger partial charge on any atom is 0.269 e. The molecule has 3 atom stereocenters. The van der Waals surface area contributed by atoms with Crippen LogP contribution in [0, 0.1) is 17.8 Å². The SMILES string of the molecule is Cn1cnnc1SCc1ccc(C(=O)NNC(=O)C[C@H]2C[C@H]3CC[C@H]2C3)cc1. The average molecular weight is 400 g/mol. The summed E-state index contributed by atoms with van der Waals surface area (Å²) in [6.45, 7) is 0. The van der Waals surface area contributed by atoms with Gasteiger partial charge in [0.15, 0.2) is 5.16 Å². The topological polar surface area (TPSA) is 88.9 Å². The maximum atomic E-state index is 12.3. The Morgan fingerprint density at radius 3 is 2.64 bits per heavy atom. The van der Waals surface area contributed by atoms with Crippen LogP contribution in [0.15, 0.2) is 35.7 Å². The number of thioether (sulfide) groups is 1. The summed E-state index contributed by atoms with van der Waals surface area (Å²) in [6.07, 6.45) is 7.22. The van der Waals surface area contributed by atoms with Crippen molar-refractivity contribution in [1.82, 2.24) is 25.6 Å². The normalized spacial score (nSPS) is 23.0. The van der Waals surface area contributed by atoms with Crippen LogP contribution in [0.1, 0.15) is 48.0 Å². The number of aromatic nitrogens is 3. The van der Waals surface area contributed by atoms with Gasteiger partial charge in [-0.1, -0.05) is 30.3 Å². The Balaban J connectivity index is 1.22. The molecule has 2 aromatic rings. The molecule has 2 N–H and O–H groups in total. The van der Waals surface area contributed by atoms with E-state index in [-0.39, 0.29) is 11.8 Å². The zero-order valence-electron chi connectivity index (χ0n) is 15.9. The summed E-state index contributed by atoms with van der Waals surface area (Å²) in [4.78, 5) is 24.4. The lowest BCUT2D eigenvalue weighted by Crippen LogP contribution is -2.42. The molecule has 2 amide bonds. The molecule has 0 aliphatic heterocycles. The van der Waals surface area contributed by atoms with Crippen molar-refractivity contribution in [3.8, 4) is 0 Å².